The minimum atomic E-state index is -2.20. The predicted octanol–water partition coefficient (Wildman–Crippen LogP) is 3.41. The van der Waals surface area contributed by atoms with Gasteiger partial charge in [0.05, 0.1) is 4.83 Å². The highest BCUT2D eigenvalue weighted by Crippen LogP contribution is 2.48. The van der Waals surface area contributed by atoms with Gasteiger partial charge in [-0.15, -0.1) is 0 Å². The van der Waals surface area contributed by atoms with Crippen LogP contribution in [0.4, 0.5) is 8.78 Å². The summed E-state index contributed by atoms with van der Waals surface area (Å²) in [6, 6.07) is 2.89. The summed E-state index contributed by atoms with van der Waals surface area (Å²) in [5.74, 6) is -3.95. The molecule has 142 valence electrons. The lowest BCUT2D eigenvalue weighted by molar-refractivity contribution is -0.132. The van der Waals surface area contributed by atoms with Crippen molar-refractivity contribution in [3.63, 3.8) is 0 Å². The Hall–Kier alpha value is -1.82. The normalized spacial score (nSPS) is 13.4. The molecule has 0 saturated carbocycles. The fourth-order valence-corrected chi connectivity index (χ4v) is 2.93. The Morgan fingerprint density at radius 1 is 1.42 bits per heavy atom. The Bertz CT molecular complexity index is 844. The molecule has 0 aliphatic carbocycles. The maximum Gasteiger partial charge on any atom is 0.308 e. The Kier molecular flexibility index (Phi) is 6.87. The van der Waals surface area contributed by atoms with E-state index in [4.69, 9.17) is 13.7 Å². The third kappa shape index (κ3) is 4.87. The van der Waals surface area contributed by atoms with Crippen LogP contribution in [0, 0.1) is 11.6 Å². The molecule has 0 amide bonds. The molecule has 2 rings (SSSR count). The summed E-state index contributed by atoms with van der Waals surface area (Å²) < 4.78 is 58.6. The molecule has 2 unspecified atom stereocenters. The monoisotopic (exact) mass is 453 g/mol. The molecule has 7 nitrogen and oxygen atoms in total. The standard InChI is InChI=1S/C15H14BrF2NO6S/c1-7(20)24-15-12(21)13(8-2-3-10(17)11(18)6-8)25-14(15)9(16)4-5-19-26(22)23/h2-3,6,9,19,21H,4-5H2,1H3,(H,22,23). The Morgan fingerprint density at radius 2 is 2.12 bits per heavy atom. The summed E-state index contributed by atoms with van der Waals surface area (Å²) in [6.45, 7) is 1.22. The molecular formula is C15H14BrF2NO6S. The molecule has 0 aliphatic heterocycles. The number of hydrogen-bond donors (Lipinski definition) is 3. The summed E-state index contributed by atoms with van der Waals surface area (Å²) in [7, 11) is 0. The number of carbonyl (C=O) groups excluding carboxylic acids is 1. The summed E-state index contributed by atoms with van der Waals surface area (Å²) in [4.78, 5) is 10.7. The highest BCUT2D eigenvalue weighted by atomic mass is 79.9. The van der Waals surface area contributed by atoms with Crippen molar-refractivity contribution in [1.82, 2.24) is 4.72 Å². The zero-order valence-corrected chi connectivity index (χ0v) is 15.7. The minimum Gasteiger partial charge on any atom is -0.502 e. The molecule has 0 saturated heterocycles. The predicted molar refractivity (Wildman–Crippen MR) is 92.1 cm³/mol. The van der Waals surface area contributed by atoms with Crippen LogP contribution in [0.3, 0.4) is 0 Å². The van der Waals surface area contributed by atoms with E-state index in [1.54, 1.807) is 0 Å². The largest absolute Gasteiger partial charge is 0.502 e. The van der Waals surface area contributed by atoms with Crippen molar-refractivity contribution in [2.45, 2.75) is 18.2 Å². The lowest BCUT2D eigenvalue weighted by Gasteiger charge is -2.08. The molecule has 2 aromatic rings. The first-order valence-corrected chi connectivity index (χ1v) is 9.20. The Balaban J connectivity index is 2.41. The van der Waals surface area contributed by atoms with Gasteiger partial charge in [0.2, 0.25) is 22.8 Å². The van der Waals surface area contributed by atoms with Gasteiger partial charge in [0.25, 0.3) is 0 Å². The second-order valence-corrected chi connectivity index (χ2v) is 6.99. The van der Waals surface area contributed by atoms with Crippen molar-refractivity contribution < 1.29 is 36.6 Å². The average molecular weight is 454 g/mol. The lowest BCUT2D eigenvalue weighted by Crippen LogP contribution is -2.18. The lowest BCUT2D eigenvalue weighted by atomic mass is 10.1. The Morgan fingerprint density at radius 3 is 2.69 bits per heavy atom. The maximum atomic E-state index is 13.5. The van der Waals surface area contributed by atoms with Crippen LogP contribution >= 0.6 is 15.9 Å². The third-order valence-electron chi connectivity index (χ3n) is 3.20. The number of hydrogen-bond acceptors (Lipinski definition) is 5. The maximum absolute atomic E-state index is 13.5. The molecular weight excluding hydrogens is 440 g/mol. The molecule has 1 aromatic heterocycles. The smallest absolute Gasteiger partial charge is 0.308 e. The topological polar surface area (TPSA) is 109 Å². The number of halogens is 3. The molecule has 0 fully saturated rings. The van der Waals surface area contributed by atoms with Gasteiger partial charge in [-0.3, -0.25) is 9.35 Å². The third-order valence-corrected chi connectivity index (χ3v) is 4.53. The van der Waals surface area contributed by atoms with Gasteiger partial charge in [0.1, 0.15) is 0 Å². The van der Waals surface area contributed by atoms with Crippen molar-refractivity contribution in [3.8, 4) is 22.8 Å². The van der Waals surface area contributed by atoms with Crippen molar-refractivity contribution >= 4 is 33.2 Å². The van der Waals surface area contributed by atoms with Crippen LogP contribution in [-0.2, 0) is 16.1 Å². The van der Waals surface area contributed by atoms with Gasteiger partial charge >= 0.3 is 5.97 Å². The van der Waals surface area contributed by atoms with Crippen LogP contribution in [0.25, 0.3) is 11.3 Å². The fraction of sp³-hybridized carbons (Fsp3) is 0.267. The molecule has 1 aromatic carbocycles. The molecule has 26 heavy (non-hydrogen) atoms. The molecule has 0 spiro atoms. The van der Waals surface area contributed by atoms with Crippen LogP contribution < -0.4 is 9.46 Å². The van der Waals surface area contributed by atoms with E-state index >= 15 is 0 Å². The summed E-state index contributed by atoms with van der Waals surface area (Å²) >= 11 is 1.07. The van der Waals surface area contributed by atoms with E-state index in [2.05, 4.69) is 20.7 Å². The minimum absolute atomic E-state index is 0.0166. The van der Waals surface area contributed by atoms with Crippen LogP contribution in [-0.4, -0.2) is 26.4 Å². The second kappa shape index (κ2) is 8.71. The van der Waals surface area contributed by atoms with Gasteiger partial charge in [-0.25, -0.2) is 17.7 Å². The van der Waals surface area contributed by atoms with Gasteiger partial charge in [-0.2, -0.15) is 0 Å². The van der Waals surface area contributed by atoms with Gasteiger partial charge in [0.15, 0.2) is 23.2 Å². The summed E-state index contributed by atoms with van der Waals surface area (Å²) in [5, 5.41) is 10.3. The van der Waals surface area contributed by atoms with Gasteiger partial charge in [0, 0.05) is 19.0 Å². The highest BCUT2D eigenvalue weighted by Gasteiger charge is 2.28. The molecule has 1 heterocycles. The van der Waals surface area contributed by atoms with Gasteiger partial charge in [-0.05, 0) is 24.6 Å². The van der Waals surface area contributed by atoms with E-state index in [-0.39, 0.29) is 35.8 Å². The number of carbonyl (C=O) groups is 1. The quantitative estimate of drug-likeness (QED) is 0.336. The Labute approximate surface area is 157 Å². The number of ether oxygens (including phenoxy) is 1. The molecule has 0 bridgehead atoms. The van der Waals surface area contributed by atoms with E-state index in [1.165, 1.54) is 6.07 Å². The van der Waals surface area contributed by atoms with E-state index in [0.29, 0.717) is 0 Å². The van der Waals surface area contributed by atoms with Crippen LogP contribution in [0.1, 0.15) is 23.9 Å². The number of rotatable bonds is 7. The number of furan rings is 1. The van der Waals surface area contributed by atoms with Crippen molar-refractivity contribution in [3.05, 3.63) is 35.6 Å². The number of alkyl halides is 1. The van der Waals surface area contributed by atoms with E-state index in [1.807, 2.05) is 0 Å². The van der Waals surface area contributed by atoms with E-state index < -0.39 is 39.4 Å². The zero-order chi connectivity index (χ0) is 19.4. The highest BCUT2D eigenvalue weighted by molar-refractivity contribution is 9.09. The number of benzene rings is 1. The van der Waals surface area contributed by atoms with Crippen LogP contribution in [0.5, 0.6) is 11.5 Å². The first-order valence-electron chi connectivity index (χ1n) is 7.18. The molecule has 0 radical (unpaired) electrons. The summed E-state index contributed by atoms with van der Waals surface area (Å²) in [5.41, 5.74) is 0.0374. The fourth-order valence-electron chi connectivity index (χ4n) is 2.11. The molecule has 11 heteroatoms. The van der Waals surface area contributed by atoms with Crippen molar-refractivity contribution in [2.24, 2.45) is 0 Å². The van der Waals surface area contributed by atoms with Crippen molar-refractivity contribution in [2.75, 3.05) is 6.54 Å². The van der Waals surface area contributed by atoms with Crippen molar-refractivity contribution in [1.29, 1.82) is 0 Å². The second-order valence-electron chi connectivity index (χ2n) is 5.10. The number of esters is 1. The van der Waals surface area contributed by atoms with E-state index in [9.17, 15) is 22.9 Å². The zero-order valence-electron chi connectivity index (χ0n) is 13.3. The average Bonchev–Trinajstić information content (AvgIpc) is 2.86. The van der Waals surface area contributed by atoms with Crippen LogP contribution in [0.2, 0.25) is 0 Å². The molecule has 0 aliphatic rings. The first kappa shape index (κ1) is 20.5. The SMILES string of the molecule is CC(=O)Oc1c(C(Br)CCNS(=O)O)oc(-c2ccc(F)c(F)c2)c1O. The number of aromatic hydroxyl groups is 1. The van der Waals surface area contributed by atoms with Gasteiger partial charge < -0.3 is 14.3 Å². The molecule has 2 atom stereocenters. The van der Waals surface area contributed by atoms with Crippen LogP contribution in [0.15, 0.2) is 22.6 Å². The summed E-state index contributed by atoms with van der Waals surface area (Å²) in [6.07, 6.45) is 0.227. The first-order chi connectivity index (χ1) is 12.2. The molecule has 3 N–H and O–H groups in total. The van der Waals surface area contributed by atoms with E-state index in [0.717, 1.165) is 19.1 Å². The number of nitrogens with one attached hydrogen (secondary N) is 1. The van der Waals surface area contributed by atoms with Gasteiger partial charge in [-0.1, -0.05) is 15.9 Å².